The molecule has 5 nitrogen and oxygen atoms in total. The fourth-order valence-electron chi connectivity index (χ4n) is 4.72. The molecular weight excluding hydrogens is 454 g/mol. The van der Waals surface area contributed by atoms with Crippen molar-refractivity contribution in [3.63, 3.8) is 0 Å². The number of hydrogen-bond donors (Lipinski definition) is 1. The first-order chi connectivity index (χ1) is 17.1. The van der Waals surface area contributed by atoms with Gasteiger partial charge in [-0.25, -0.2) is 0 Å². The Kier molecular flexibility index (Phi) is 26.3. The average Bonchev–Trinajstić information content (AvgIpc) is 2.88. The first-order valence-corrected chi connectivity index (χ1v) is 17.0. The van der Waals surface area contributed by atoms with E-state index in [1.807, 2.05) is 0 Å². The second-order valence-electron chi connectivity index (χ2n) is 10.2. The van der Waals surface area contributed by atoms with Crippen LogP contribution in [0.15, 0.2) is 0 Å². The highest BCUT2D eigenvalue weighted by molar-refractivity contribution is 6.60. The maximum atomic E-state index is 12.0. The molecule has 0 bridgehead atoms. The summed E-state index contributed by atoms with van der Waals surface area (Å²) in [5.74, 6) is 0.159. The van der Waals surface area contributed by atoms with Gasteiger partial charge in [0.1, 0.15) is 0 Å². The maximum Gasteiger partial charge on any atom is 0.500 e. The molecule has 0 rings (SSSR count). The molecule has 0 aromatic carbocycles. The van der Waals surface area contributed by atoms with Crippen molar-refractivity contribution in [2.24, 2.45) is 0 Å². The third-order valence-electron chi connectivity index (χ3n) is 7.17. The second-order valence-corrected chi connectivity index (χ2v) is 13.3. The molecule has 0 fully saturated rings. The Balaban J connectivity index is 3.27. The molecule has 1 N–H and O–H groups in total. The van der Waals surface area contributed by atoms with Crippen LogP contribution in [0, 0.1) is 0 Å². The van der Waals surface area contributed by atoms with Gasteiger partial charge in [0.05, 0.1) is 0 Å². The third-order valence-corrected chi connectivity index (χ3v) is 10.0. The summed E-state index contributed by atoms with van der Waals surface area (Å²) in [6, 6.07) is 0.718. The van der Waals surface area contributed by atoms with E-state index in [2.05, 4.69) is 12.2 Å². The zero-order valence-corrected chi connectivity index (χ0v) is 25.1. The van der Waals surface area contributed by atoms with Gasteiger partial charge in [0.2, 0.25) is 5.91 Å². The van der Waals surface area contributed by atoms with E-state index in [1.54, 1.807) is 21.3 Å². The number of unbranched alkanes of at least 4 members (excludes halogenated alkanes) is 19. The van der Waals surface area contributed by atoms with Crippen LogP contribution in [0.2, 0.25) is 6.04 Å². The SMILES string of the molecule is CCCCCCCCCCCCCCCCCCCCCCC(=O)NCCC[Si](OC)(OC)OC. The summed E-state index contributed by atoms with van der Waals surface area (Å²) in [4.78, 5) is 12.0. The number of carbonyl (C=O) groups excluding carboxylic acids is 1. The van der Waals surface area contributed by atoms with Gasteiger partial charge in [-0.3, -0.25) is 4.79 Å². The van der Waals surface area contributed by atoms with Gasteiger partial charge in [0.25, 0.3) is 0 Å². The number of amides is 1. The summed E-state index contributed by atoms with van der Waals surface area (Å²) in [6.07, 6.45) is 29.0. The van der Waals surface area contributed by atoms with Gasteiger partial charge in [-0.1, -0.05) is 129 Å². The van der Waals surface area contributed by atoms with Crippen molar-refractivity contribution < 1.29 is 18.1 Å². The van der Waals surface area contributed by atoms with Crippen LogP contribution in [0.3, 0.4) is 0 Å². The van der Waals surface area contributed by atoms with Gasteiger partial charge in [-0.05, 0) is 12.8 Å². The molecule has 35 heavy (non-hydrogen) atoms. The molecule has 0 unspecified atom stereocenters. The highest BCUT2D eigenvalue weighted by Crippen LogP contribution is 2.16. The van der Waals surface area contributed by atoms with Crippen molar-refractivity contribution in [1.82, 2.24) is 5.32 Å². The largest absolute Gasteiger partial charge is 0.500 e. The zero-order chi connectivity index (χ0) is 25.9. The van der Waals surface area contributed by atoms with E-state index < -0.39 is 8.80 Å². The van der Waals surface area contributed by atoms with Crippen LogP contribution in [0.5, 0.6) is 0 Å². The number of rotatable bonds is 28. The minimum Gasteiger partial charge on any atom is -0.377 e. The Hall–Kier alpha value is -0.433. The lowest BCUT2D eigenvalue weighted by molar-refractivity contribution is -0.121. The van der Waals surface area contributed by atoms with Gasteiger partial charge >= 0.3 is 8.80 Å². The molecule has 0 aliphatic rings. The van der Waals surface area contributed by atoms with E-state index in [4.69, 9.17) is 13.3 Å². The van der Waals surface area contributed by atoms with Crippen molar-refractivity contribution in [1.29, 1.82) is 0 Å². The minimum atomic E-state index is -2.51. The van der Waals surface area contributed by atoms with Gasteiger partial charge in [-0.15, -0.1) is 0 Å². The molecule has 0 atom stereocenters. The lowest BCUT2D eigenvalue weighted by atomic mass is 10.0. The Morgan fingerprint density at radius 2 is 0.886 bits per heavy atom. The minimum absolute atomic E-state index is 0.159. The van der Waals surface area contributed by atoms with Crippen molar-refractivity contribution >= 4 is 14.7 Å². The van der Waals surface area contributed by atoms with E-state index in [-0.39, 0.29) is 5.91 Å². The maximum absolute atomic E-state index is 12.0. The fraction of sp³-hybridized carbons (Fsp3) is 0.966. The lowest BCUT2D eigenvalue weighted by Crippen LogP contribution is -2.43. The van der Waals surface area contributed by atoms with Crippen LogP contribution in [0.1, 0.15) is 148 Å². The van der Waals surface area contributed by atoms with E-state index in [0.29, 0.717) is 13.0 Å². The highest BCUT2D eigenvalue weighted by Gasteiger charge is 2.36. The van der Waals surface area contributed by atoms with E-state index in [0.717, 1.165) is 18.9 Å². The monoisotopic (exact) mass is 515 g/mol. The standard InChI is InChI=1S/C29H61NO4Si/c1-5-6-7-8-9-10-11-12-13-14-15-16-17-18-19-20-21-22-23-24-26-29(31)30-27-25-28-35(32-2,33-3)34-4/h5-28H2,1-4H3,(H,30,31). The summed E-state index contributed by atoms with van der Waals surface area (Å²) in [7, 11) is 2.36. The van der Waals surface area contributed by atoms with Crippen LogP contribution in [-0.2, 0) is 18.1 Å². The Labute approximate surface area is 220 Å². The zero-order valence-electron chi connectivity index (χ0n) is 24.1. The van der Waals surface area contributed by atoms with Crippen LogP contribution < -0.4 is 5.32 Å². The van der Waals surface area contributed by atoms with Crippen molar-refractivity contribution in [2.45, 2.75) is 154 Å². The van der Waals surface area contributed by atoms with Gasteiger partial charge in [0, 0.05) is 40.3 Å². The smallest absolute Gasteiger partial charge is 0.377 e. The first-order valence-electron chi connectivity index (χ1n) is 15.1. The summed E-state index contributed by atoms with van der Waals surface area (Å²) < 4.78 is 16.2. The van der Waals surface area contributed by atoms with Crippen LogP contribution in [0.4, 0.5) is 0 Å². The molecule has 0 aromatic heterocycles. The van der Waals surface area contributed by atoms with E-state index in [9.17, 15) is 4.79 Å². The number of hydrogen-bond acceptors (Lipinski definition) is 4. The van der Waals surface area contributed by atoms with Crippen LogP contribution in [0.25, 0.3) is 0 Å². The Morgan fingerprint density at radius 3 is 1.23 bits per heavy atom. The molecule has 0 radical (unpaired) electrons. The third kappa shape index (κ3) is 22.5. The summed E-state index contributed by atoms with van der Waals surface area (Å²) in [5, 5.41) is 3.00. The highest BCUT2D eigenvalue weighted by atomic mass is 28.4. The molecule has 210 valence electrons. The van der Waals surface area contributed by atoms with Gasteiger partial charge in [0.15, 0.2) is 0 Å². The van der Waals surface area contributed by atoms with Crippen LogP contribution in [-0.4, -0.2) is 42.6 Å². The Morgan fingerprint density at radius 1 is 0.543 bits per heavy atom. The van der Waals surface area contributed by atoms with Crippen molar-refractivity contribution in [3.05, 3.63) is 0 Å². The first kappa shape index (κ1) is 34.6. The predicted molar refractivity (Wildman–Crippen MR) is 152 cm³/mol. The van der Waals surface area contributed by atoms with E-state index >= 15 is 0 Å². The predicted octanol–water partition coefficient (Wildman–Crippen LogP) is 8.58. The topological polar surface area (TPSA) is 56.8 Å². The Bertz CT molecular complexity index is 438. The van der Waals surface area contributed by atoms with Crippen LogP contribution >= 0.6 is 0 Å². The average molecular weight is 516 g/mol. The molecule has 6 heteroatoms. The number of carbonyl (C=O) groups is 1. The second kappa shape index (κ2) is 26.6. The lowest BCUT2D eigenvalue weighted by Gasteiger charge is -2.24. The van der Waals surface area contributed by atoms with Crippen molar-refractivity contribution in [2.75, 3.05) is 27.9 Å². The molecule has 0 heterocycles. The van der Waals surface area contributed by atoms with E-state index in [1.165, 1.54) is 122 Å². The van der Waals surface area contributed by atoms with Crippen molar-refractivity contribution in [3.8, 4) is 0 Å². The molecule has 0 spiro atoms. The fourth-order valence-corrected chi connectivity index (χ4v) is 6.44. The normalized spacial score (nSPS) is 11.8. The molecule has 1 amide bonds. The molecule has 0 aliphatic carbocycles. The molecular formula is C29H61NO4Si. The molecule has 0 aromatic rings. The summed E-state index contributed by atoms with van der Waals surface area (Å²) >= 11 is 0. The summed E-state index contributed by atoms with van der Waals surface area (Å²) in [6.45, 7) is 2.95. The van der Waals surface area contributed by atoms with Gasteiger partial charge in [-0.2, -0.15) is 0 Å². The molecule has 0 saturated carbocycles. The quantitative estimate of drug-likeness (QED) is 0.0837. The molecule has 0 saturated heterocycles. The molecule has 0 aliphatic heterocycles. The number of nitrogens with one attached hydrogen (secondary N) is 1. The summed E-state index contributed by atoms with van der Waals surface area (Å²) in [5.41, 5.74) is 0. The van der Waals surface area contributed by atoms with Gasteiger partial charge < -0.3 is 18.6 Å².